The maximum Gasteiger partial charge on any atom is 0.357 e. The van der Waals surface area contributed by atoms with Gasteiger partial charge in [0.2, 0.25) is 0 Å². The predicted octanol–water partition coefficient (Wildman–Crippen LogP) is 1.32. The molecular weight excluding hydrogens is 213 g/mol. The number of pyridine rings is 1. The van der Waals surface area contributed by atoms with Crippen molar-refractivity contribution in [2.45, 2.75) is 0 Å². The first kappa shape index (κ1) is 10.3. The largest absolute Gasteiger partial charge is 0.476 e. The van der Waals surface area contributed by atoms with Gasteiger partial charge < -0.3 is 5.11 Å². The Bertz CT molecular complexity index is 533. The standard InChI is InChI=1S/C10H8FN3O2/c1-14-5-7(9(13-14)10(15)16)8-3-2-6(11)4-12-8/h2-5H,1H3,(H,15,16). The molecule has 0 spiro atoms. The third kappa shape index (κ3) is 1.77. The molecule has 2 heterocycles. The summed E-state index contributed by atoms with van der Waals surface area (Å²) in [5.41, 5.74) is 0.656. The zero-order valence-electron chi connectivity index (χ0n) is 8.38. The van der Waals surface area contributed by atoms with E-state index in [0.717, 1.165) is 6.20 Å². The molecule has 0 bridgehead atoms. The Morgan fingerprint density at radius 2 is 2.25 bits per heavy atom. The molecule has 0 radical (unpaired) electrons. The van der Waals surface area contributed by atoms with Crippen molar-refractivity contribution in [2.75, 3.05) is 0 Å². The number of aryl methyl sites for hydroxylation is 1. The molecule has 0 unspecified atom stereocenters. The summed E-state index contributed by atoms with van der Waals surface area (Å²) in [5, 5.41) is 12.7. The minimum absolute atomic E-state index is 0.0957. The number of carbonyl (C=O) groups is 1. The van der Waals surface area contributed by atoms with Gasteiger partial charge in [0.25, 0.3) is 0 Å². The Hall–Kier alpha value is -2.24. The summed E-state index contributed by atoms with van der Waals surface area (Å²) in [7, 11) is 1.61. The third-order valence-corrected chi connectivity index (χ3v) is 2.03. The molecule has 0 amide bonds. The van der Waals surface area contributed by atoms with Crippen LogP contribution in [-0.4, -0.2) is 25.8 Å². The van der Waals surface area contributed by atoms with Crippen molar-refractivity contribution < 1.29 is 14.3 Å². The lowest BCUT2D eigenvalue weighted by Gasteiger charge is -1.97. The first-order valence-electron chi connectivity index (χ1n) is 4.47. The van der Waals surface area contributed by atoms with Crippen LogP contribution in [0.5, 0.6) is 0 Å². The highest BCUT2D eigenvalue weighted by Gasteiger charge is 2.17. The molecule has 2 rings (SSSR count). The van der Waals surface area contributed by atoms with Crippen molar-refractivity contribution in [1.29, 1.82) is 0 Å². The van der Waals surface area contributed by atoms with E-state index in [9.17, 15) is 9.18 Å². The summed E-state index contributed by atoms with van der Waals surface area (Å²) >= 11 is 0. The minimum Gasteiger partial charge on any atom is -0.476 e. The van der Waals surface area contributed by atoms with Crippen molar-refractivity contribution in [1.82, 2.24) is 14.8 Å². The number of nitrogens with zero attached hydrogens (tertiary/aromatic N) is 3. The monoisotopic (exact) mass is 221 g/mol. The number of hydrogen-bond acceptors (Lipinski definition) is 3. The van der Waals surface area contributed by atoms with Gasteiger partial charge in [-0.2, -0.15) is 5.10 Å². The van der Waals surface area contributed by atoms with Crippen LogP contribution in [0.25, 0.3) is 11.3 Å². The molecule has 0 aliphatic carbocycles. The maximum atomic E-state index is 12.7. The predicted molar refractivity (Wildman–Crippen MR) is 53.4 cm³/mol. The van der Waals surface area contributed by atoms with Crippen LogP contribution in [-0.2, 0) is 7.05 Å². The fourth-order valence-electron chi connectivity index (χ4n) is 1.37. The maximum absolute atomic E-state index is 12.7. The fraction of sp³-hybridized carbons (Fsp3) is 0.100. The molecular formula is C10H8FN3O2. The van der Waals surface area contributed by atoms with Crippen LogP contribution in [0.15, 0.2) is 24.5 Å². The van der Waals surface area contributed by atoms with E-state index >= 15 is 0 Å². The van der Waals surface area contributed by atoms with Crippen molar-refractivity contribution >= 4 is 5.97 Å². The molecule has 0 aliphatic rings. The summed E-state index contributed by atoms with van der Waals surface area (Å²) in [4.78, 5) is 14.7. The van der Waals surface area contributed by atoms with E-state index in [1.165, 1.54) is 23.0 Å². The summed E-state index contributed by atoms with van der Waals surface area (Å²) in [6.07, 6.45) is 2.57. The zero-order valence-corrected chi connectivity index (χ0v) is 8.38. The highest BCUT2D eigenvalue weighted by Crippen LogP contribution is 2.20. The van der Waals surface area contributed by atoms with E-state index in [1.807, 2.05) is 0 Å². The number of carboxylic acid groups (broad SMARTS) is 1. The normalized spacial score (nSPS) is 10.4. The SMILES string of the molecule is Cn1cc(-c2ccc(F)cn2)c(C(=O)O)n1. The van der Waals surface area contributed by atoms with Crippen molar-refractivity contribution in [3.05, 3.63) is 36.0 Å². The molecule has 0 saturated carbocycles. The Labute approximate surface area is 90.2 Å². The topological polar surface area (TPSA) is 68.0 Å². The summed E-state index contributed by atoms with van der Waals surface area (Å²) in [6.45, 7) is 0. The summed E-state index contributed by atoms with van der Waals surface area (Å²) < 4.78 is 14.0. The van der Waals surface area contributed by atoms with Crippen molar-refractivity contribution in [2.24, 2.45) is 7.05 Å². The number of aromatic carboxylic acids is 1. The number of rotatable bonds is 2. The van der Waals surface area contributed by atoms with Crippen molar-refractivity contribution in [3.8, 4) is 11.3 Å². The molecule has 0 aromatic carbocycles. The van der Waals surface area contributed by atoms with Crippen LogP contribution in [0.1, 0.15) is 10.5 Å². The van der Waals surface area contributed by atoms with E-state index in [-0.39, 0.29) is 5.69 Å². The lowest BCUT2D eigenvalue weighted by atomic mass is 10.1. The molecule has 0 fully saturated rings. The van der Waals surface area contributed by atoms with Crippen LogP contribution >= 0.6 is 0 Å². The van der Waals surface area contributed by atoms with Gasteiger partial charge >= 0.3 is 5.97 Å². The number of hydrogen-bond donors (Lipinski definition) is 1. The minimum atomic E-state index is -1.14. The second-order valence-corrected chi connectivity index (χ2v) is 3.23. The molecule has 0 aliphatic heterocycles. The third-order valence-electron chi connectivity index (χ3n) is 2.03. The quantitative estimate of drug-likeness (QED) is 0.830. The lowest BCUT2D eigenvalue weighted by molar-refractivity contribution is 0.0690. The van der Waals surface area contributed by atoms with E-state index in [2.05, 4.69) is 10.1 Å². The zero-order chi connectivity index (χ0) is 11.7. The van der Waals surface area contributed by atoms with Crippen LogP contribution in [0.2, 0.25) is 0 Å². The molecule has 0 atom stereocenters. The highest BCUT2D eigenvalue weighted by molar-refractivity contribution is 5.93. The molecule has 5 nitrogen and oxygen atoms in total. The van der Waals surface area contributed by atoms with Gasteiger partial charge in [-0.25, -0.2) is 9.18 Å². The second-order valence-electron chi connectivity index (χ2n) is 3.23. The first-order chi connectivity index (χ1) is 7.58. The van der Waals surface area contributed by atoms with Crippen LogP contribution in [0.3, 0.4) is 0 Å². The molecule has 2 aromatic rings. The van der Waals surface area contributed by atoms with Crippen LogP contribution in [0, 0.1) is 5.82 Å². The van der Waals surface area contributed by atoms with E-state index in [4.69, 9.17) is 5.11 Å². The van der Waals surface area contributed by atoms with Gasteiger partial charge in [-0.15, -0.1) is 0 Å². The molecule has 0 saturated heterocycles. The molecule has 82 valence electrons. The van der Waals surface area contributed by atoms with Gasteiger partial charge in [-0.1, -0.05) is 0 Å². The Morgan fingerprint density at radius 1 is 1.50 bits per heavy atom. The number of aromatic nitrogens is 3. The van der Waals surface area contributed by atoms with E-state index in [0.29, 0.717) is 11.3 Å². The van der Waals surface area contributed by atoms with Gasteiger partial charge in [-0.05, 0) is 12.1 Å². The lowest BCUT2D eigenvalue weighted by Crippen LogP contribution is -2.01. The molecule has 16 heavy (non-hydrogen) atoms. The van der Waals surface area contributed by atoms with Crippen molar-refractivity contribution in [3.63, 3.8) is 0 Å². The number of carboxylic acids is 1. The van der Waals surface area contributed by atoms with Gasteiger partial charge in [0, 0.05) is 13.2 Å². The van der Waals surface area contributed by atoms with Crippen LogP contribution < -0.4 is 0 Å². The van der Waals surface area contributed by atoms with Gasteiger partial charge in [0.05, 0.1) is 17.5 Å². The van der Waals surface area contributed by atoms with E-state index in [1.54, 1.807) is 7.05 Å². The Balaban J connectivity index is 2.55. The summed E-state index contributed by atoms with van der Waals surface area (Å²) in [5.74, 6) is -1.61. The van der Waals surface area contributed by atoms with Crippen LogP contribution in [0.4, 0.5) is 4.39 Å². The smallest absolute Gasteiger partial charge is 0.357 e. The van der Waals surface area contributed by atoms with Gasteiger partial charge in [0.1, 0.15) is 5.82 Å². The molecule has 2 aromatic heterocycles. The fourth-order valence-corrected chi connectivity index (χ4v) is 1.37. The Morgan fingerprint density at radius 3 is 2.81 bits per heavy atom. The highest BCUT2D eigenvalue weighted by atomic mass is 19.1. The van der Waals surface area contributed by atoms with Gasteiger partial charge in [0.15, 0.2) is 5.69 Å². The second kappa shape index (κ2) is 3.73. The Kier molecular flexibility index (Phi) is 2.40. The molecule has 6 heteroatoms. The number of halogens is 1. The van der Waals surface area contributed by atoms with E-state index < -0.39 is 11.8 Å². The first-order valence-corrected chi connectivity index (χ1v) is 4.47. The average Bonchev–Trinajstić information content (AvgIpc) is 2.61. The average molecular weight is 221 g/mol. The molecule has 1 N–H and O–H groups in total. The van der Waals surface area contributed by atoms with Gasteiger partial charge in [-0.3, -0.25) is 9.67 Å². The summed E-state index contributed by atoms with van der Waals surface area (Å²) in [6, 6.07) is 2.64.